The van der Waals surface area contributed by atoms with Gasteiger partial charge in [0.05, 0.1) is 18.2 Å². The summed E-state index contributed by atoms with van der Waals surface area (Å²) in [5, 5.41) is 9.00. The van der Waals surface area contributed by atoms with E-state index in [4.69, 9.17) is 15.7 Å². The van der Waals surface area contributed by atoms with Crippen LogP contribution in [-0.4, -0.2) is 28.6 Å². The fourth-order valence-corrected chi connectivity index (χ4v) is 3.10. The molecule has 31 heavy (non-hydrogen) atoms. The largest absolute Gasteiger partial charge is 0.481 e. The number of likely N-dealkylation sites (N-methyl/N-ethyl adjacent to an activating group) is 1. The molecule has 9 heteroatoms. The number of carbonyl (C=O) groups excluding carboxylic acids is 1. The number of aromatic nitrogens is 2. The molecule has 0 radical (unpaired) electrons. The predicted molar refractivity (Wildman–Crippen MR) is 116 cm³/mol. The zero-order valence-corrected chi connectivity index (χ0v) is 17.0. The van der Waals surface area contributed by atoms with Crippen LogP contribution >= 0.6 is 0 Å². The number of nitrogens with zero attached hydrogens (tertiary/aromatic N) is 3. The van der Waals surface area contributed by atoms with Crippen molar-refractivity contribution >= 4 is 17.4 Å². The maximum absolute atomic E-state index is 12.9. The second-order valence-corrected chi connectivity index (χ2v) is 6.86. The van der Waals surface area contributed by atoms with E-state index < -0.39 is 23.3 Å². The second kappa shape index (κ2) is 9.00. The molecule has 0 aliphatic rings. The Kier molecular flexibility index (Phi) is 6.21. The fourth-order valence-electron chi connectivity index (χ4n) is 3.10. The predicted octanol–water partition coefficient (Wildman–Crippen LogP) is 1.47. The minimum Gasteiger partial charge on any atom is -0.481 e. The molecule has 0 bridgehead atoms. The van der Waals surface area contributed by atoms with E-state index in [0.29, 0.717) is 11.3 Å². The van der Waals surface area contributed by atoms with Crippen LogP contribution in [0.3, 0.4) is 0 Å². The number of nitriles is 1. The molecule has 2 aromatic carbocycles. The summed E-state index contributed by atoms with van der Waals surface area (Å²) in [7, 11) is 1.38. The maximum atomic E-state index is 12.9. The molecule has 1 heterocycles. The molecule has 0 spiro atoms. The first-order chi connectivity index (χ1) is 14.8. The lowest BCUT2D eigenvalue weighted by atomic mass is 10.2. The van der Waals surface area contributed by atoms with Crippen LogP contribution in [0, 0.1) is 11.3 Å². The lowest BCUT2D eigenvalue weighted by molar-refractivity contribution is -0.124. The Morgan fingerprint density at radius 3 is 2.61 bits per heavy atom. The average molecular weight is 419 g/mol. The van der Waals surface area contributed by atoms with Crippen LogP contribution in [0.2, 0.25) is 0 Å². The van der Waals surface area contributed by atoms with E-state index >= 15 is 0 Å². The van der Waals surface area contributed by atoms with Crippen LogP contribution < -0.4 is 26.6 Å². The molecule has 1 amide bonds. The molecule has 0 fully saturated rings. The van der Waals surface area contributed by atoms with Gasteiger partial charge < -0.3 is 15.4 Å². The van der Waals surface area contributed by atoms with Crippen molar-refractivity contribution in [3.63, 3.8) is 0 Å². The van der Waals surface area contributed by atoms with Gasteiger partial charge in [0.2, 0.25) is 0 Å². The van der Waals surface area contributed by atoms with E-state index in [1.807, 2.05) is 36.4 Å². The van der Waals surface area contributed by atoms with E-state index in [0.717, 1.165) is 10.5 Å². The van der Waals surface area contributed by atoms with Crippen molar-refractivity contribution in [3.05, 3.63) is 86.6 Å². The number of aromatic amines is 1. The Bertz CT molecular complexity index is 1260. The quantitative estimate of drug-likeness (QED) is 0.621. The Morgan fingerprint density at radius 2 is 1.94 bits per heavy atom. The highest BCUT2D eigenvalue weighted by Crippen LogP contribution is 2.19. The number of hydrogen-bond donors (Lipinski definition) is 2. The summed E-state index contributed by atoms with van der Waals surface area (Å²) in [5.41, 5.74) is 5.73. The standard InChI is InChI=1S/C22H21N5O4/c1-14(31-17-10-6-9-16(11-17)12-23)21(29)26(2)18-19(24)27(22(30)25-20(18)28)13-15-7-4-3-5-8-15/h3-11,14H,13,24H2,1-2H3,(H,25,28,30). The number of hydrogen-bond acceptors (Lipinski definition) is 6. The number of carbonyl (C=O) groups is 1. The topological polar surface area (TPSA) is 134 Å². The molecule has 158 valence electrons. The summed E-state index contributed by atoms with van der Waals surface area (Å²) in [6, 6.07) is 17.5. The van der Waals surface area contributed by atoms with Gasteiger partial charge in [0.15, 0.2) is 11.8 Å². The lowest BCUT2D eigenvalue weighted by Gasteiger charge is -2.23. The SMILES string of the molecule is CC(Oc1cccc(C#N)c1)C(=O)N(C)c1c(N)n(Cc2ccccc2)c(=O)[nH]c1=O. The molecule has 9 nitrogen and oxygen atoms in total. The van der Waals surface area contributed by atoms with Crippen LogP contribution in [0.5, 0.6) is 5.75 Å². The summed E-state index contributed by atoms with van der Waals surface area (Å²) in [6.07, 6.45) is -0.979. The smallest absolute Gasteiger partial charge is 0.330 e. The van der Waals surface area contributed by atoms with E-state index in [-0.39, 0.29) is 18.1 Å². The highest BCUT2D eigenvalue weighted by atomic mass is 16.5. The van der Waals surface area contributed by atoms with E-state index in [1.165, 1.54) is 24.6 Å². The summed E-state index contributed by atoms with van der Waals surface area (Å²) in [4.78, 5) is 40.9. The van der Waals surface area contributed by atoms with Gasteiger partial charge in [-0.3, -0.25) is 19.1 Å². The minimum atomic E-state index is -0.979. The second-order valence-electron chi connectivity index (χ2n) is 6.86. The number of amides is 1. The Balaban J connectivity index is 1.89. The van der Waals surface area contributed by atoms with Crippen molar-refractivity contribution in [2.45, 2.75) is 19.6 Å². The van der Waals surface area contributed by atoms with Crippen LogP contribution in [0.1, 0.15) is 18.1 Å². The molecule has 1 aromatic heterocycles. The Labute approximate surface area is 177 Å². The van der Waals surface area contributed by atoms with Gasteiger partial charge in [-0.05, 0) is 30.7 Å². The number of rotatable bonds is 6. The minimum absolute atomic E-state index is 0.129. The van der Waals surface area contributed by atoms with Crippen molar-refractivity contribution < 1.29 is 9.53 Å². The molecule has 3 aromatic rings. The molecular weight excluding hydrogens is 398 g/mol. The van der Waals surface area contributed by atoms with Gasteiger partial charge >= 0.3 is 5.69 Å². The third-order valence-corrected chi connectivity index (χ3v) is 4.69. The van der Waals surface area contributed by atoms with Crippen molar-refractivity contribution in [2.75, 3.05) is 17.7 Å². The number of nitrogens with one attached hydrogen (secondary N) is 1. The molecule has 3 rings (SSSR count). The summed E-state index contributed by atoms with van der Waals surface area (Å²) in [6.45, 7) is 1.65. The Morgan fingerprint density at radius 1 is 1.23 bits per heavy atom. The van der Waals surface area contributed by atoms with Crippen molar-refractivity contribution in [1.82, 2.24) is 9.55 Å². The number of ether oxygens (including phenoxy) is 1. The summed E-state index contributed by atoms with van der Waals surface area (Å²) >= 11 is 0. The zero-order chi connectivity index (χ0) is 22.5. The van der Waals surface area contributed by atoms with E-state index in [9.17, 15) is 14.4 Å². The van der Waals surface area contributed by atoms with Crippen LogP contribution in [0.15, 0.2) is 64.2 Å². The Hall–Kier alpha value is -4.32. The van der Waals surface area contributed by atoms with Crippen LogP contribution in [-0.2, 0) is 11.3 Å². The number of anilines is 2. The van der Waals surface area contributed by atoms with Crippen molar-refractivity contribution in [3.8, 4) is 11.8 Å². The van der Waals surface area contributed by atoms with Crippen molar-refractivity contribution in [2.24, 2.45) is 0 Å². The lowest BCUT2D eigenvalue weighted by Crippen LogP contribution is -2.43. The molecule has 3 N–H and O–H groups in total. The number of nitrogens with two attached hydrogens (primary N) is 1. The average Bonchev–Trinajstić information content (AvgIpc) is 2.76. The first-order valence-corrected chi connectivity index (χ1v) is 9.42. The van der Waals surface area contributed by atoms with Gasteiger partial charge in [-0.25, -0.2) is 4.79 Å². The number of nitrogen functional groups attached to an aromatic ring is 1. The first kappa shape index (κ1) is 21.4. The van der Waals surface area contributed by atoms with Crippen LogP contribution in [0.4, 0.5) is 11.5 Å². The van der Waals surface area contributed by atoms with Gasteiger partial charge in [0.25, 0.3) is 11.5 Å². The summed E-state index contributed by atoms with van der Waals surface area (Å²) < 4.78 is 6.82. The molecule has 1 unspecified atom stereocenters. The molecule has 0 saturated carbocycles. The molecule has 0 aliphatic carbocycles. The van der Waals surface area contributed by atoms with Crippen molar-refractivity contribution in [1.29, 1.82) is 5.26 Å². The van der Waals surface area contributed by atoms with Gasteiger partial charge in [-0.1, -0.05) is 36.4 Å². The van der Waals surface area contributed by atoms with Crippen LogP contribution in [0.25, 0.3) is 0 Å². The molecule has 0 aliphatic heterocycles. The zero-order valence-electron chi connectivity index (χ0n) is 17.0. The van der Waals surface area contributed by atoms with Gasteiger partial charge in [-0.2, -0.15) is 5.26 Å². The third kappa shape index (κ3) is 4.64. The molecule has 0 saturated heterocycles. The number of H-pyrrole nitrogens is 1. The highest BCUT2D eigenvalue weighted by molar-refractivity contribution is 5.97. The fraction of sp³-hybridized carbons (Fsp3) is 0.182. The van der Waals surface area contributed by atoms with E-state index in [1.54, 1.807) is 18.2 Å². The van der Waals surface area contributed by atoms with Gasteiger partial charge in [0, 0.05) is 7.05 Å². The third-order valence-electron chi connectivity index (χ3n) is 4.69. The van der Waals surface area contributed by atoms with E-state index in [2.05, 4.69) is 4.98 Å². The van der Waals surface area contributed by atoms with Gasteiger partial charge in [-0.15, -0.1) is 0 Å². The molecular formula is C22H21N5O4. The van der Waals surface area contributed by atoms with Gasteiger partial charge in [0.1, 0.15) is 11.6 Å². The maximum Gasteiger partial charge on any atom is 0.330 e. The normalized spacial score (nSPS) is 11.4. The molecule has 1 atom stereocenters. The monoisotopic (exact) mass is 419 g/mol. The number of benzene rings is 2. The first-order valence-electron chi connectivity index (χ1n) is 9.42. The highest BCUT2D eigenvalue weighted by Gasteiger charge is 2.26. The summed E-state index contributed by atoms with van der Waals surface area (Å²) in [5.74, 6) is -0.346.